The highest BCUT2D eigenvalue weighted by Crippen LogP contribution is 2.24. The van der Waals surface area contributed by atoms with Crippen LogP contribution >= 0.6 is 0 Å². The highest BCUT2D eigenvalue weighted by Gasteiger charge is 2.27. The Morgan fingerprint density at radius 2 is 2.16 bits per heavy atom. The van der Waals surface area contributed by atoms with Crippen LogP contribution in [0.1, 0.15) is 41.7 Å². The summed E-state index contributed by atoms with van der Waals surface area (Å²) in [6.07, 6.45) is 5.82. The number of nitrogens with two attached hydrogens (primary N) is 1. The minimum Gasteiger partial charge on any atom is -0.364 e. The van der Waals surface area contributed by atoms with Gasteiger partial charge in [-0.3, -0.25) is 9.59 Å². The van der Waals surface area contributed by atoms with Gasteiger partial charge >= 0.3 is 0 Å². The summed E-state index contributed by atoms with van der Waals surface area (Å²) in [6.45, 7) is 2.73. The lowest BCUT2D eigenvalue weighted by molar-refractivity contribution is 0.0686. The van der Waals surface area contributed by atoms with Crippen molar-refractivity contribution in [2.24, 2.45) is 5.73 Å². The van der Waals surface area contributed by atoms with E-state index in [2.05, 4.69) is 4.98 Å². The molecule has 1 aromatic rings. The number of amides is 1. The SMILES string of the molecule is Cc1cc(=O)c(C(=O)N(CCN)C2CCCC2)c[nH]1. The van der Waals surface area contributed by atoms with E-state index in [1.54, 1.807) is 11.8 Å². The quantitative estimate of drug-likeness (QED) is 0.851. The Balaban J connectivity index is 2.25. The number of aromatic nitrogens is 1. The molecular weight excluding hydrogens is 242 g/mol. The summed E-state index contributed by atoms with van der Waals surface area (Å²) in [5.74, 6) is -0.196. The van der Waals surface area contributed by atoms with Crippen molar-refractivity contribution in [3.05, 3.63) is 33.7 Å². The van der Waals surface area contributed by atoms with Gasteiger partial charge in [-0.15, -0.1) is 0 Å². The number of nitrogens with one attached hydrogen (secondary N) is 1. The number of carbonyl (C=O) groups is 1. The monoisotopic (exact) mass is 263 g/mol. The van der Waals surface area contributed by atoms with Gasteiger partial charge in [0.2, 0.25) is 0 Å². The van der Waals surface area contributed by atoms with Gasteiger partial charge in [-0.05, 0) is 19.8 Å². The maximum absolute atomic E-state index is 12.5. The van der Waals surface area contributed by atoms with Crippen LogP contribution in [-0.2, 0) is 0 Å². The summed E-state index contributed by atoms with van der Waals surface area (Å²) in [5, 5.41) is 0. The van der Waals surface area contributed by atoms with Gasteiger partial charge in [0.1, 0.15) is 5.56 Å². The number of nitrogens with zero attached hydrogens (tertiary/aromatic N) is 1. The number of aromatic amines is 1. The van der Waals surface area contributed by atoms with Crippen molar-refractivity contribution < 1.29 is 4.79 Å². The fourth-order valence-electron chi connectivity index (χ4n) is 2.70. The Kier molecular flexibility index (Phi) is 4.37. The third-order valence-corrected chi connectivity index (χ3v) is 3.68. The molecule has 0 aliphatic heterocycles. The Morgan fingerprint density at radius 3 is 2.74 bits per heavy atom. The van der Waals surface area contributed by atoms with E-state index in [-0.39, 0.29) is 22.9 Å². The molecule has 1 amide bonds. The van der Waals surface area contributed by atoms with Crippen molar-refractivity contribution in [1.82, 2.24) is 9.88 Å². The second-order valence-electron chi connectivity index (χ2n) is 5.12. The van der Waals surface area contributed by atoms with Crippen molar-refractivity contribution >= 4 is 5.91 Å². The van der Waals surface area contributed by atoms with Crippen LogP contribution < -0.4 is 11.2 Å². The van der Waals surface area contributed by atoms with E-state index in [1.807, 2.05) is 0 Å². The molecule has 0 bridgehead atoms. The van der Waals surface area contributed by atoms with E-state index in [9.17, 15) is 9.59 Å². The topological polar surface area (TPSA) is 79.2 Å². The molecule has 2 rings (SSSR count). The molecule has 5 heteroatoms. The fourth-order valence-corrected chi connectivity index (χ4v) is 2.70. The first kappa shape index (κ1) is 13.8. The summed E-state index contributed by atoms with van der Waals surface area (Å²) in [6, 6.07) is 1.69. The molecular formula is C14H21N3O2. The van der Waals surface area contributed by atoms with Crippen LogP contribution in [0.5, 0.6) is 0 Å². The van der Waals surface area contributed by atoms with Gasteiger partial charge in [0.05, 0.1) is 0 Å². The molecule has 1 aliphatic rings. The smallest absolute Gasteiger partial charge is 0.259 e. The van der Waals surface area contributed by atoms with Crippen LogP contribution in [0, 0.1) is 6.92 Å². The third-order valence-electron chi connectivity index (χ3n) is 3.68. The second-order valence-corrected chi connectivity index (χ2v) is 5.12. The standard InChI is InChI=1S/C14H21N3O2/c1-10-8-13(18)12(9-16-10)14(19)17(7-6-15)11-4-2-3-5-11/h8-9,11H,2-7,15H2,1H3,(H,16,18). The molecule has 0 saturated heterocycles. The van der Waals surface area contributed by atoms with Crippen molar-refractivity contribution in [1.29, 1.82) is 0 Å². The van der Waals surface area contributed by atoms with Crippen LogP contribution in [0.2, 0.25) is 0 Å². The molecule has 1 aliphatic carbocycles. The molecule has 5 nitrogen and oxygen atoms in total. The maximum atomic E-state index is 12.5. The molecule has 1 fully saturated rings. The molecule has 0 aromatic carbocycles. The minimum absolute atomic E-state index is 0.196. The number of pyridine rings is 1. The van der Waals surface area contributed by atoms with E-state index in [0.29, 0.717) is 13.1 Å². The molecule has 104 valence electrons. The highest BCUT2D eigenvalue weighted by molar-refractivity contribution is 5.94. The Labute approximate surface area is 112 Å². The number of carbonyl (C=O) groups excluding carboxylic acids is 1. The Bertz CT molecular complexity index is 504. The average molecular weight is 263 g/mol. The molecule has 0 radical (unpaired) electrons. The van der Waals surface area contributed by atoms with Crippen LogP contribution in [0.4, 0.5) is 0 Å². The molecule has 19 heavy (non-hydrogen) atoms. The predicted octanol–water partition coefficient (Wildman–Crippen LogP) is 1.03. The van der Waals surface area contributed by atoms with Gasteiger partial charge in [-0.25, -0.2) is 0 Å². The van der Waals surface area contributed by atoms with Crippen molar-refractivity contribution in [3.8, 4) is 0 Å². The zero-order chi connectivity index (χ0) is 13.8. The minimum atomic E-state index is -0.221. The molecule has 3 N–H and O–H groups in total. The Morgan fingerprint density at radius 1 is 1.47 bits per heavy atom. The number of rotatable bonds is 4. The maximum Gasteiger partial charge on any atom is 0.259 e. The fraction of sp³-hybridized carbons (Fsp3) is 0.571. The van der Waals surface area contributed by atoms with E-state index in [4.69, 9.17) is 5.73 Å². The third kappa shape index (κ3) is 3.04. The summed E-state index contributed by atoms with van der Waals surface area (Å²) in [4.78, 5) is 29.1. The summed E-state index contributed by atoms with van der Waals surface area (Å²) < 4.78 is 0. The molecule has 1 heterocycles. The Hall–Kier alpha value is -1.62. The summed E-state index contributed by atoms with van der Waals surface area (Å²) in [7, 11) is 0. The van der Waals surface area contributed by atoms with Gasteiger partial charge < -0.3 is 15.6 Å². The zero-order valence-electron chi connectivity index (χ0n) is 11.3. The lowest BCUT2D eigenvalue weighted by Crippen LogP contribution is -2.43. The van der Waals surface area contributed by atoms with E-state index in [0.717, 1.165) is 31.4 Å². The normalized spacial score (nSPS) is 15.7. The molecule has 1 aromatic heterocycles. The van der Waals surface area contributed by atoms with Crippen molar-refractivity contribution in [2.75, 3.05) is 13.1 Å². The van der Waals surface area contributed by atoms with E-state index >= 15 is 0 Å². The second kappa shape index (κ2) is 6.02. The van der Waals surface area contributed by atoms with Gasteiger partial charge in [0.25, 0.3) is 5.91 Å². The highest BCUT2D eigenvalue weighted by atomic mass is 16.2. The van der Waals surface area contributed by atoms with Gasteiger partial charge in [0.15, 0.2) is 5.43 Å². The van der Waals surface area contributed by atoms with Crippen LogP contribution in [0.3, 0.4) is 0 Å². The van der Waals surface area contributed by atoms with Crippen molar-refractivity contribution in [2.45, 2.75) is 38.6 Å². The molecule has 0 spiro atoms. The molecule has 0 unspecified atom stereocenters. The lowest BCUT2D eigenvalue weighted by Gasteiger charge is -2.28. The van der Waals surface area contributed by atoms with Gasteiger partial charge in [0, 0.05) is 37.1 Å². The number of hydrogen-bond acceptors (Lipinski definition) is 3. The van der Waals surface area contributed by atoms with Crippen LogP contribution in [-0.4, -0.2) is 34.9 Å². The summed E-state index contributed by atoms with van der Waals surface area (Å²) in [5.41, 5.74) is 6.35. The first-order valence-electron chi connectivity index (χ1n) is 6.84. The van der Waals surface area contributed by atoms with E-state index in [1.165, 1.54) is 12.3 Å². The van der Waals surface area contributed by atoms with Crippen LogP contribution in [0.15, 0.2) is 17.1 Å². The summed E-state index contributed by atoms with van der Waals surface area (Å²) >= 11 is 0. The first-order chi connectivity index (χ1) is 9.13. The number of hydrogen-bond donors (Lipinski definition) is 2. The molecule has 1 saturated carbocycles. The van der Waals surface area contributed by atoms with Crippen LogP contribution in [0.25, 0.3) is 0 Å². The van der Waals surface area contributed by atoms with E-state index < -0.39 is 0 Å². The average Bonchev–Trinajstić information content (AvgIpc) is 2.89. The zero-order valence-corrected chi connectivity index (χ0v) is 11.3. The first-order valence-corrected chi connectivity index (χ1v) is 6.84. The van der Waals surface area contributed by atoms with Crippen molar-refractivity contribution in [3.63, 3.8) is 0 Å². The number of H-pyrrole nitrogens is 1. The number of aryl methyl sites for hydroxylation is 1. The van der Waals surface area contributed by atoms with Gasteiger partial charge in [-0.1, -0.05) is 12.8 Å². The molecule has 0 atom stereocenters. The largest absolute Gasteiger partial charge is 0.364 e. The predicted molar refractivity (Wildman–Crippen MR) is 74.1 cm³/mol. The lowest BCUT2D eigenvalue weighted by atomic mass is 10.1. The van der Waals surface area contributed by atoms with Gasteiger partial charge in [-0.2, -0.15) is 0 Å².